The number of rotatable bonds is 5. The Kier molecular flexibility index (Phi) is 5.49. The molecule has 4 heterocycles. The van der Waals surface area contributed by atoms with Crippen molar-refractivity contribution in [3.8, 4) is 22.5 Å². The van der Waals surface area contributed by atoms with E-state index in [1.165, 1.54) is 16.5 Å². The smallest absolute Gasteiger partial charge is 0.269 e. The number of fused-ring (bicyclic) bond motifs is 2. The molecular formula is C31H28N6O. The van der Waals surface area contributed by atoms with Gasteiger partial charge in [-0.1, -0.05) is 24.3 Å². The van der Waals surface area contributed by atoms with Crippen molar-refractivity contribution in [3.63, 3.8) is 0 Å². The number of nitrogens with two attached hydrogens (primary N) is 1. The largest absolute Gasteiger partial charge is 0.364 e. The standard InChI is InChI=1S/C31H28N6O/c1-18-5-7-20-13-28(36(3)26(20)9-18)22-11-24(17-33-15-22)35-25-12-23(16-34-30(25)31(32)38)29-14-21-8-6-19(2)10-27(21)37(29)4/h5-17,35H,1-4H3,(H2,32,38). The molecule has 4 aromatic heterocycles. The van der Waals surface area contributed by atoms with Gasteiger partial charge in [0, 0.05) is 59.4 Å². The van der Waals surface area contributed by atoms with Gasteiger partial charge in [0.1, 0.15) is 0 Å². The van der Waals surface area contributed by atoms with Crippen molar-refractivity contribution >= 4 is 39.1 Å². The maximum absolute atomic E-state index is 12.3. The van der Waals surface area contributed by atoms with Crippen LogP contribution in [0.4, 0.5) is 11.4 Å². The maximum atomic E-state index is 12.3. The highest BCUT2D eigenvalue weighted by atomic mass is 16.1. The molecule has 6 rings (SSSR count). The number of amides is 1. The molecule has 0 fully saturated rings. The van der Waals surface area contributed by atoms with Gasteiger partial charge in [0.25, 0.3) is 5.91 Å². The average molecular weight is 501 g/mol. The molecule has 1 amide bonds. The zero-order valence-electron chi connectivity index (χ0n) is 21.8. The lowest BCUT2D eigenvalue weighted by Gasteiger charge is -2.13. The second-order valence-electron chi connectivity index (χ2n) is 9.87. The summed E-state index contributed by atoms with van der Waals surface area (Å²) in [6.45, 7) is 4.18. The number of nitrogens with one attached hydrogen (secondary N) is 1. The van der Waals surface area contributed by atoms with Crippen LogP contribution in [0.3, 0.4) is 0 Å². The fourth-order valence-electron chi connectivity index (χ4n) is 5.13. The van der Waals surface area contributed by atoms with Gasteiger partial charge in [-0.05, 0) is 61.4 Å². The fraction of sp³-hybridized carbons (Fsp3) is 0.129. The second-order valence-corrected chi connectivity index (χ2v) is 9.87. The van der Waals surface area contributed by atoms with E-state index in [0.29, 0.717) is 5.69 Å². The number of primary amides is 1. The van der Waals surface area contributed by atoms with Crippen molar-refractivity contribution in [3.05, 3.63) is 96.1 Å². The summed E-state index contributed by atoms with van der Waals surface area (Å²) in [4.78, 5) is 21.2. The first-order chi connectivity index (χ1) is 18.3. The van der Waals surface area contributed by atoms with Gasteiger partial charge >= 0.3 is 0 Å². The molecule has 0 bridgehead atoms. The van der Waals surface area contributed by atoms with Crippen LogP contribution in [-0.2, 0) is 14.1 Å². The van der Waals surface area contributed by atoms with Crippen LogP contribution < -0.4 is 11.1 Å². The highest BCUT2D eigenvalue weighted by Crippen LogP contribution is 2.33. The van der Waals surface area contributed by atoms with E-state index < -0.39 is 5.91 Å². The molecule has 6 aromatic rings. The molecule has 0 unspecified atom stereocenters. The lowest BCUT2D eigenvalue weighted by molar-refractivity contribution is 0.0996. The third kappa shape index (κ3) is 3.98. The van der Waals surface area contributed by atoms with Crippen molar-refractivity contribution in [2.45, 2.75) is 13.8 Å². The first kappa shape index (κ1) is 23.5. The summed E-state index contributed by atoms with van der Waals surface area (Å²) in [5.74, 6) is -0.597. The van der Waals surface area contributed by atoms with Crippen LogP contribution in [-0.4, -0.2) is 25.0 Å². The van der Waals surface area contributed by atoms with Crippen molar-refractivity contribution < 1.29 is 4.79 Å². The summed E-state index contributed by atoms with van der Waals surface area (Å²) < 4.78 is 4.30. The highest BCUT2D eigenvalue weighted by Gasteiger charge is 2.16. The molecule has 3 N–H and O–H groups in total. The molecule has 0 saturated carbocycles. The monoisotopic (exact) mass is 500 g/mol. The van der Waals surface area contributed by atoms with Crippen molar-refractivity contribution in [1.29, 1.82) is 0 Å². The number of hydrogen-bond acceptors (Lipinski definition) is 4. The Morgan fingerprint density at radius 3 is 1.92 bits per heavy atom. The van der Waals surface area contributed by atoms with E-state index in [1.54, 1.807) is 12.4 Å². The van der Waals surface area contributed by atoms with Gasteiger partial charge in [0.15, 0.2) is 5.69 Å². The summed E-state index contributed by atoms with van der Waals surface area (Å²) in [7, 11) is 4.09. The van der Waals surface area contributed by atoms with Crippen LogP contribution in [0.2, 0.25) is 0 Å². The van der Waals surface area contributed by atoms with E-state index in [1.807, 2.05) is 25.4 Å². The first-order valence-corrected chi connectivity index (χ1v) is 12.4. The summed E-state index contributed by atoms with van der Waals surface area (Å²) in [6.07, 6.45) is 5.26. The van der Waals surface area contributed by atoms with Gasteiger partial charge in [-0.15, -0.1) is 0 Å². The number of aryl methyl sites for hydroxylation is 4. The predicted molar refractivity (Wildman–Crippen MR) is 154 cm³/mol. The second kappa shape index (κ2) is 8.88. The Bertz CT molecular complexity index is 1880. The van der Waals surface area contributed by atoms with E-state index >= 15 is 0 Å². The van der Waals surface area contributed by atoms with Gasteiger partial charge in [-0.3, -0.25) is 9.78 Å². The predicted octanol–water partition coefficient (Wildman–Crippen LogP) is 6.25. The summed E-state index contributed by atoms with van der Waals surface area (Å²) in [5, 5.41) is 5.67. The number of nitrogens with zero attached hydrogens (tertiary/aromatic N) is 4. The molecule has 0 aliphatic rings. The Morgan fingerprint density at radius 1 is 0.763 bits per heavy atom. The number of benzene rings is 2. The van der Waals surface area contributed by atoms with E-state index in [9.17, 15) is 4.79 Å². The summed E-state index contributed by atoms with van der Waals surface area (Å²) in [6, 6.07) is 21.0. The van der Waals surface area contributed by atoms with Gasteiger partial charge in [0.2, 0.25) is 0 Å². The third-order valence-corrected chi connectivity index (χ3v) is 7.13. The minimum Gasteiger partial charge on any atom is -0.364 e. The van der Waals surface area contributed by atoms with E-state index in [0.717, 1.165) is 44.6 Å². The van der Waals surface area contributed by atoms with Crippen LogP contribution >= 0.6 is 0 Å². The van der Waals surface area contributed by atoms with Crippen LogP contribution in [0.25, 0.3) is 44.3 Å². The lowest BCUT2D eigenvalue weighted by Crippen LogP contribution is -2.15. The normalized spacial score (nSPS) is 11.4. The molecule has 0 atom stereocenters. The highest BCUT2D eigenvalue weighted by molar-refractivity contribution is 5.98. The number of hydrogen-bond donors (Lipinski definition) is 2. The quantitative estimate of drug-likeness (QED) is 0.293. The summed E-state index contributed by atoms with van der Waals surface area (Å²) in [5.41, 5.74) is 15.7. The van der Waals surface area contributed by atoms with Crippen molar-refractivity contribution in [2.24, 2.45) is 19.8 Å². The zero-order valence-corrected chi connectivity index (χ0v) is 21.8. The third-order valence-electron chi connectivity index (χ3n) is 7.13. The van der Waals surface area contributed by atoms with Crippen LogP contribution in [0.1, 0.15) is 21.6 Å². The molecule has 38 heavy (non-hydrogen) atoms. The number of aromatic nitrogens is 4. The van der Waals surface area contributed by atoms with Gasteiger partial charge in [0.05, 0.1) is 29.0 Å². The maximum Gasteiger partial charge on any atom is 0.269 e. The average Bonchev–Trinajstić information content (AvgIpc) is 3.40. The van der Waals surface area contributed by atoms with Crippen LogP contribution in [0.5, 0.6) is 0 Å². The first-order valence-electron chi connectivity index (χ1n) is 12.4. The molecule has 7 nitrogen and oxygen atoms in total. The molecule has 7 heteroatoms. The Morgan fingerprint density at radius 2 is 1.34 bits per heavy atom. The lowest BCUT2D eigenvalue weighted by atomic mass is 10.1. The van der Waals surface area contributed by atoms with E-state index in [4.69, 9.17) is 5.73 Å². The number of anilines is 2. The Labute approximate surface area is 220 Å². The molecule has 0 aliphatic carbocycles. The SMILES string of the molecule is Cc1ccc2cc(-c3cncc(Nc4cc(-c5cc6ccc(C)cc6n5C)cnc4C(N)=O)c3)n(C)c2c1. The fourth-order valence-corrected chi connectivity index (χ4v) is 5.13. The van der Waals surface area contributed by atoms with Crippen LogP contribution in [0.15, 0.2) is 79.3 Å². The Balaban J connectivity index is 1.41. The number of pyridine rings is 2. The molecular weight excluding hydrogens is 472 g/mol. The van der Waals surface area contributed by atoms with E-state index in [2.05, 4.69) is 93.8 Å². The molecule has 188 valence electrons. The Hall–Kier alpha value is -4.91. The van der Waals surface area contributed by atoms with Gasteiger partial charge in [-0.2, -0.15) is 0 Å². The molecule has 2 aromatic carbocycles. The van der Waals surface area contributed by atoms with Crippen molar-refractivity contribution in [2.75, 3.05) is 5.32 Å². The van der Waals surface area contributed by atoms with E-state index in [-0.39, 0.29) is 5.69 Å². The number of carbonyl (C=O) groups is 1. The molecule has 0 saturated heterocycles. The summed E-state index contributed by atoms with van der Waals surface area (Å²) >= 11 is 0. The minimum atomic E-state index is -0.597. The molecule has 0 spiro atoms. The minimum absolute atomic E-state index is 0.175. The number of carbonyl (C=O) groups excluding carboxylic acids is 1. The van der Waals surface area contributed by atoms with Gasteiger partial charge in [-0.25, -0.2) is 4.98 Å². The molecule has 0 radical (unpaired) electrons. The zero-order chi connectivity index (χ0) is 26.6. The van der Waals surface area contributed by atoms with Crippen molar-refractivity contribution in [1.82, 2.24) is 19.1 Å². The topological polar surface area (TPSA) is 90.8 Å². The van der Waals surface area contributed by atoms with Gasteiger partial charge < -0.3 is 20.2 Å². The van der Waals surface area contributed by atoms with Crippen LogP contribution in [0, 0.1) is 13.8 Å². The molecule has 0 aliphatic heterocycles.